The second kappa shape index (κ2) is 3.46. The molecule has 0 bridgehead atoms. The lowest BCUT2D eigenvalue weighted by atomic mass is 10.3. The van der Waals surface area contributed by atoms with Crippen LogP contribution in [0.15, 0.2) is 12.1 Å². The number of rotatable bonds is 2. The third kappa shape index (κ3) is 2.60. The Morgan fingerprint density at radius 3 is 1.93 bits per heavy atom. The van der Waals surface area contributed by atoms with Gasteiger partial charge < -0.3 is 4.18 Å². The fourth-order valence-corrected chi connectivity index (χ4v) is 1.08. The minimum atomic E-state index is -5.04. The number of hydrogen-bond donors (Lipinski definition) is 1. The van der Waals surface area contributed by atoms with E-state index in [2.05, 4.69) is 4.18 Å². The van der Waals surface area contributed by atoms with Gasteiger partial charge in [0.15, 0.2) is 11.6 Å². The Bertz CT molecular complexity index is 433. The maximum atomic E-state index is 12.7. The summed E-state index contributed by atoms with van der Waals surface area (Å²) in [5, 5.41) is 0. The van der Waals surface area contributed by atoms with E-state index in [1.807, 2.05) is 0 Å². The van der Waals surface area contributed by atoms with Crippen LogP contribution in [-0.2, 0) is 10.4 Å². The first kappa shape index (κ1) is 10.8. The largest absolute Gasteiger partial charge is 0.446 e. The molecule has 0 fully saturated rings. The van der Waals surface area contributed by atoms with E-state index >= 15 is 0 Å². The zero-order valence-electron chi connectivity index (χ0n) is 6.37. The molecule has 8 heteroatoms. The molecule has 78 valence electrons. The summed E-state index contributed by atoms with van der Waals surface area (Å²) in [5.74, 6) is -5.75. The zero-order chi connectivity index (χ0) is 10.9. The van der Waals surface area contributed by atoms with E-state index in [-0.39, 0.29) is 12.1 Å². The molecule has 0 atom stereocenters. The summed E-state index contributed by atoms with van der Waals surface area (Å²) in [5.41, 5.74) is 0. The van der Waals surface area contributed by atoms with Crippen LogP contribution in [-0.4, -0.2) is 13.0 Å². The highest BCUT2D eigenvalue weighted by molar-refractivity contribution is 7.81. The Kier molecular flexibility index (Phi) is 2.67. The molecule has 0 aliphatic heterocycles. The van der Waals surface area contributed by atoms with E-state index in [0.29, 0.717) is 0 Å². The Morgan fingerprint density at radius 2 is 1.57 bits per heavy atom. The normalized spacial score (nSPS) is 11.4. The van der Waals surface area contributed by atoms with E-state index < -0.39 is 33.6 Å². The maximum Gasteiger partial charge on any atom is 0.446 e. The predicted octanol–water partition coefficient (Wildman–Crippen LogP) is 1.29. The molecule has 1 aromatic rings. The quantitative estimate of drug-likeness (QED) is 0.774. The van der Waals surface area contributed by atoms with Gasteiger partial charge in [-0.2, -0.15) is 8.42 Å². The van der Waals surface area contributed by atoms with Crippen molar-refractivity contribution in [3.63, 3.8) is 0 Å². The molecular formula is C6H3F3O4S. The first-order valence-corrected chi connectivity index (χ1v) is 4.47. The van der Waals surface area contributed by atoms with Gasteiger partial charge in [-0.15, -0.1) is 0 Å². The van der Waals surface area contributed by atoms with Crippen molar-refractivity contribution in [1.29, 1.82) is 0 Å². The van der Waals surface area contributed by atoms with E-state index in [1.54, 1.807) is 0 Å². The van der Waals surface area contributed by atoms with Crippen LogP contribution in [0.2, 0.25) is 0 Å². The molecule has 4 nitrogen and oxygen atoms in total. The minimum absolute atomic E-state index is 0.212. The van der Waals surface area contributed by atoms with E-state index in [9.17, 15) is 21.6 Å². The molecule has 14 heavy (non-hydrogen) atoms. The second-order valence-corrected chi connectivity index (χ2v) is 3.23. The van der Waals surface area contributed by atoms with Crippen molar-refractivity contribution in [2.75, 3.05) is 0 Å². The van der Waals surface area contributed by atoms with Crippen LogP contribution in [0.25, 0.3) is 0 Å². The molecule has 0 aromatic heterocycles. The Balaban J connectivity index is 3.22. The number of hydrogen-bond acceptors (Lipinski definition) is 3. The molecule has 0 aliphatic carbocycles. The molecule has 0 saturated carbocycles. The molecule has 1 aromatic carbocycles. The van der Waals surface area contributed by atoms with Gasteiger partial charge in [0.25, 0.3) is 0 Å². The van der Waals surface area contributed by atoms with E-state index in [0.717, 1.165) is 0 Å². The summed E-state index contributed by atoms with van der Waals surface area (Å²) in [4.78, 5) is 0. The molecule has 1 rings (SSSR count). The molecule has 0 amide bonds. The molecule has 0 radical (unpaired) electrons. The van der Waals surface area contributed by atoms with Crippen LogP contribution in [0.3, 0.4) is 0 Å². The summed E-state index contributed by atoms with van der Waals surface area (Å²) in [6.45, 7) is 0. The lowest BCUT2D eigenvalue weighted by Crippen LogP contribution is -2.09. The van der Waals surface area contributed by atoms with Gasteiger partial charge in [-0.25, -0.2) is 13.2 Å². The van der Waals surface area contributed by atoms with Gasteiger partial charge >= 0.3 is 10.4 Å². The maximum absolute atomic E-state index is 12.7. The van der Waals surface area contributed by atoms with Crippen LogP contribution in [0, 0.1) is 17.5 Å². The van der Waals surface area contributed by atoms with Crippen molar-refractivity contribution in [1.82, 2.24) is 0 Å². The van der Waals surface area contributed by atoms with Gasteiger partial charge in [-0.3, -0.25) is 4.55 Å². The van der Waals surface area contributed by atoms with Crippen molar-refractivity contribution in [3.8, 4) is 5.75 Å². The van der Waals surface area contributed by atoms with Gasteiger partial charge in [-0.1, -0.05) is 0 Å². The molecular weight excluding hydrogens is 225 g/mol. The third-order valence-corrected chi connectivity index (χ3v) is 1.53. The first-order chi connectivity index (χ1) is 6.29. The fourth-order valence-electron chi connectivity index (χ4n) is 0.714. The van der Waals surface area contributed by atoms with E-state index in [1.165, 1.54) is 0 Å². The molecule has 0 unspecified atom stereocenters. The Morgan fingerprint density at radius 1 is 1.14 bits per heavy atom. The van der Waals surface area contributed by atoms with Crippen LogP contribution in [0.1, 0.15) is 0 Å². The summed E-state index contributed by atoms with van der Waals surface area (Å²) in [7, 11) is -5.04. The second-order valence-electron chi connectivity index (χ2n) is 2.21. The minimum Gasteiger partial charge on any atom is -0.355 e. The van der Waals surface area contributed by atoms with Gasteiger partial charge in [0.1, 0.15) is 5.82 Å². The van der Waals surface area contributed by atoms with Gasteiger partial charge in [-0.05, 0) is 0 Å². The summed E-state index contributed by atoms with van der Waals surface area (Å²) in [6.07, 6.45) is 0. The summed E-state index contributed by atoms with van der Waals surface area (Å²) >= 11 is 0. The Hall–Kier alpha value is -1.28. The average molecular weight is 228 g/mol. The molecule has 0 heterocycles. The number of benzene rings is 1. The fraction of sp³-hybridized carbons (Fsp3) is 0. The molecule has 0 aliphatic rings. The van der Waals surface area contributed by atoms with Crippen molar-refractivity contribution in [3.05, 3.63) is 29.6 Å². The monoisotopic (exact) mass is 228 g/mol. The Labute approximate surface area is 76.9 Å². The van der Waals surface area contributed by atoms with Gasteiger partial charge in [0.05, 0.1) is 0 Å². The predicted molar refractivity (Wildman–Crippen MR) is 38.5 cm³/mol. The summed E-state index contributed by atoms with van der Waals surface area (Å²) < 4.78 is 69.4. The van der Waals surface area contributed by atoms with Crippen LogP contribution in [0.4, 0.5) is 13.2 Å². The topological polar surface area (TPSA) is 63.6 Å². The SMILES string of the molecule is O=S(=O)(O)Oc1c(F)cc(F)cc1F. The van der Waals surface area contributed by atoms with Crippen LogP contribution in [0.5, 0.6) is 5.75 Å². The number of halogens is 3. The van der Waals surface area contributed by atoms with Gasteiger partial charge in [0.2, 0.25) is 5.75 Å². The highest BCUT2D eigenvalue weighted by Crippen LogP contribution is 2.23. The molecule has 0 saturated heterocycles. The van der Waals surface area contributed by atoms with Crippen LogP contribution < -0.4 is 4.18 Å². The smallest absolute Gasteiger partial charge is 0.355 e. The molecule has 1 N–H and O–H groups in total. The van der Waals surface area contributed by atoms with Crippen molar-refractivity contribution in [2.45, 2.75) is 0 Å². The van der Waals surface area contributed by atoms with Crippen LogP contribution >= 0.6 is 0 Å². The first-order valence-electron chi connectivity index (χ1n) is 3.11. The summed E-state index contributed by atoms with van der Waals surface area (Å²) in [6, 6.07) is 0.424. The van der Waals surface area contributed by atoms with Gasteiger partial charge in [0, 0.05) is 12.1 Å². The highest BCUT2D eigenvalue weighted by atomic mass is 32.3. The highest BCUT2D eigenvalue weighted by Gasteiger charge is 2.18. The van der Waals surface area contributed by atoms with Crippen molar-refractivity contribution < 1.29 is 30.3 Å². The van der Waals surface area contributed by atoms with Crippen molar-refractivity contribution in [2.24, 2.45) is 0 Å². The molecule has 0 spiro atoms. The average Bonchev–Trinajstić information content (AvgIpc) is 1.95. The third-order valence-electron chi connectivity index (χ3n) is 1.15. The van der Waals surface area contributed by atoms with E-state index in [4.69, 9.17) is 4.55 Å². The van der Waals surface area contributed by atoms with Crippen molar-refractivity contribution >= 4 is 10.4 Å². The lowest BCUT2D eigenvalue weighted by molar-refractivity contribution is 0.362. The standard InChI is InChI=1S/C6H3F3O4S/c7-3-1-4(8)6(5(9)2-3)13-14(10,11)12/h1-2H,(H,10,11,12). The zero-order valence-corrected chi connectivity index (χ0v) is 7.19. The lowest BCUT2D eigenvalue weighted by Gasteiger charge is -2.03.